The van der Waals surface area contributed by atoms with Gasteiger partial charge in [0, 0.05) is 0 Å². The summed E-state index contributed by atoms with van der Waals surface area (Å²) in [6.07, 6.45) is -9.55. The van der Waals surface area contributed by atoms with Crippen LogP contribution in [0, 0.1) is 0 Å². The Hall–Kier alpha value is -0.798. The minimum atomic E-state index is -4.78. The first-order chi connectivity index (χ1) is 7.14. The summed E-state index contributed by atoms with van der Waals surface area (Å²) in [7, 11) is 0. The van der Waals surface area contributed by atoms with Crippen molar-refractivity contribution in [1.29, 1.82) is 0 Å². The van der Waals surface area contributed by atoms with E-state index in [0.29, 0.717) is 12.1 Å². The van der Waals surface area contributed by atoms with E-state index in [9.17, 15) is 26.3 Å². The summed E-state index contributed by atoms with van der Waals surface area (Å²) >= 11 is 1.17. The van der Waals surface area contributed by atoms with Crippen molar-refractivity contribution in [1.82, 2.24) is 0 Å². The van der Waals surface area contributed by atoms with Crippen LogP contribution < -0.4 is 0 Å². The molecule has 0 atom stereocenters. The Balaban J connectivity index is 3.39. The normalized spacial score (nSPS) is 12.6. The topological polar surface area (TPSA) is 0 Å². The van der Waals surface area contributed by atoms with Gasteiger partial charge in [0.1, 0.15) is 0 Å². The molecule has 0 unspecified atom stereocenters. The molecule has 1 aromatic rings. The molecule has 1 aromatic carbocycles. The van der Waals surface area contributed by atoms with Crippen molar-refractivity contribution in [3.8, 4) is 0 Å². The quantitative estimate of drug-likeness (QED) is 0.534. The SMILES string of the molecule is FC(F)(F)c1cc([CH]=[AlH])cc(C(F)(F)F)c1. The Morgan fingerprint density at radius 3 is 1.44 bits per heavy atom. The second-order valence-electron chi connectivity index (χ2n) is 3.04. The molecule has 0 radical (unpaired) electrons. The number of rotatable bonds is 1. The van der Waals surface area contributed by atoms with Gasteiger partial charge >= 0.3 is 94.3 Å². The van der Waals surface area contributed by atoms with E-state index in [2.05, 4.69) is 0 Å². The molecule has 7 heteroatoms. The van der Waals surface area contributed by atoms with Gasteiger partial charge in [-0.3, -0.25) is 0 Å². The molecule has 1 rings (SSSR count). The zero-order chi connectivity index (χ0) is 12.6. The van der Waals surface area contributed by atoms with E-state index >= 15 is 0 Å². The van der Waals surface area contributed by atoms with E-state index in [-0.39, 0.29) is 11.6 Å². The third kappa shape index (κ3) is 3.10. The zero-order valence-corrected chi connectivity index (χ0v) is 9.20. The van der Waals surface area contributed by atoms with Gasteiger partial charge in [-0.2, -0.15) is 0 Å². The van der Waals surface area contributed by atoms with E-state index in [1.165, 1.54) is 20.7 Å². The maximum absolute atomic E-state index is 12.3. The Kier molecular flexibility index (Phi) is 3.50. The number of halogens is 6. The first-order valence-corrected chi connectivity index (χ1v) is 4.88. The monoisotopic (exact) mass is 254 g/mol. The molecule has 0 aliphatic carbocycles. The minimum absolute atomic E-state index is 0.0968. The van der Waals surface area contributed by atoms with Crippen LogP contribution in [0.4, 0.5) is 26.3 Å². The van der Waals surface area contributed by atoms with Crippen molar-refractivity contribution in [2.24, 2.45) is 0 Å². The summed E-state index contributed by atoms with van der Waals surface area (Å²) in [5.41, 5.74) is -2.68. The summed E-state index contributed by atoms with van der Waals surface area (Å²) < 4.78 is 73.8. The Bertz CT molecular complexity index is 371. The fourth-order valence-corrected chi connectivity index (χ4v) is 1.33. The molecule has 0 nitrogen and oxygen atoms in total. The van der Waals surface area contributed by atoms with Gasteiger partial charge in [-0.25, -0.2) is 0 Å². The summed E-state index contributed by atoms with van der Waals surface area (Å²) in [6.45, 7) is 0. The summed E-state index contributed by atoms with van der Waals surface area (Å²) in [5.74, 6) is 0. The van der Waals surface area contributed by atoms with Crippen LogP contribution in [0.2, 0.25) is 0 Å². The summed E-state index contributed by atoms with van der Waals surface area (Å²) in [5, 5.41) is 0. The molecule has 0 amide bonds. The molecule has 0 bridgehead atoms. The Morgan fingerprint density at radius 2 is 1.19 bits per heavy atom. The third-order valence-electron chi connectivity index (χ3n) is 1.85. The van der Waals surface area contributed by atoms with Crippen LogP contribution in [0.15, 0.2) is 18.2 Å². The van der Waals surface area contributed by atoms with E-state index in [1.54, 1.807) is 0 Å². The van der Waals surface area contributed by atoms with Crippen molar-refractivity contribution in [3.05, 3.63) is 34.9 Å². The molecule has 0 fully saturated rings. The second-order valence-corrected chi connectivity index (χ2v) is 3.45. The van der Waals surface area contributed by atoms with E-state index in [1.807, 2.05) is 0 Å². The van der Waals surface area contributed by atoms with Crippen molar-refractivity contribution in [2.75, 3.05) is 0 Å². The number of hydrogen-bond acceptors (Lipinski definition) is 0. The third-order valence-corrected chi connectivity index (χ3v) is 2.32. The molecule has 0 heterocycles. The first-order valence-electron chi connectivity index (χ1n) is 4.06. The molecule has 16 heavy (non-hydrogen) atoms. The van der Waals surface area contributed by atoms with Gasteiger partial charge in [0.05, 0.1) is 0 Å². The average molecular weight is 254 g/mol. The molecule has 0 aromatic heterocycles. The van der Waals surface area contributed by atoms with Gasteiger partial charge in [-0.05, 0) is 0 Å². The molecular formula is C9H5AlF6. The standard InChI is InChI=1S/C9H4F6.Al.H/c1-5-2-6(8(10,11)12)4-7(3-5)9(13,14)15;;/h1-4H;;. The van der Waals surface area contributed by atoms with Crippen LogP contribution in [-0.4, -0.2) is 20.7 Å². The molecule has 0 saturated carbocycles. The van der Waals surface area contributed by atoms with Gasteiger partial charge in [0.2, 0.25) is 0 Å². The fraction of sp³-hybridized carbons (Fsp3) is 0.222. The van der Waals surface area contributed by atoms with Crippen LogP contribution in [0.3, 0.4) is 0 Å². The van der Waals surface area contributed by atoms with Crippen LogP contribution in [0.1, 0.15) is 16.7 Å². The molecule has 0 aliphatic rings. The van der Waals surface area contributed by atoms with Gasteiger partial charge in [-0.1, -0.05) is 0 Å². The van der Waals surface area contributed by atoms with Crippen LogP contribution in [0.5, 0.6) is 0 Å². The van der Waals surface area contributed by atoms with Crippen molar-refractivity contribution in [3.63, 3.8) is 0 Å². The van der Waals surface area contributed by atoms with Gasteiger partial charge < -0.3 is 0 Å². The molecule has 0 spiro atoms. The van der Waals surface area contributed by atoms with E-state index < -0.39 is 23.5 Å². The second kappa shape index (κ2) is 4.23. The van der Waals surface area contributed by atoms with Crippen LogP contribution in [0.25, 0.3) is 0 Å². The van der Waals surface area contributed by atoms with E-state index in [0.717, 1.165) is 0 Å². The number of benzene rings is 1. The van der Waals surface area contributed by atoms with Crippen LogP contribution >= 0.6 is 0 Å². The predicted octanol–water partition coefficient (Wildman–Crippen LogP) is 2.78. The summed E-state index contributed by atoms with van der Waals surface area (Å²) in [6, 6.07) is 1.47. The van der Waals surface area contributed by atoms with Gasteiger partial charge in [-0.15, -0.1) is 0 Å². The first kappa shape index (κ1) is 13.3. The van der Waals surface area contributed by atoms with Crippen LogP contribution in [-0.2, 0) is 12.4 Å². The maximum atomic E-state index is 12.3. The Morgan fingerprint density at radius 1 is 0.812 bits per heavy atom. The predicted molar refractivity (Wildman–Crippen MR) is 48.8 cm³/mol. The average Bonchev–Trinajstić information content (AvgIpc) is 2.14. The fourth-order valence-electron chi connectivity index (χ4n) is 1.10. The zero-order valence-electron chi connectivity index (χ0n) is 7.78. The molecule has 0 aliphatic heterocycles. The number of alkyl halides is 6. The number of hydrogen-bond donors (Lipinski definition) is 0. The molecule has 0 N–H and O–H groups in total. The molecule has 0 saturated heterocycles. The van der Waals surface area contributed by atoms with Crippen molar-refractivity contribution >= 4 is 20.7 Å². The van der Waals surface area contributed by atoms with Crippen molar-refractivity contribution < 1.29 is 26.3 Å². The van der Waals surface area contributed by atoms with E-state index in [4.69, 9.17) is 0 Å². The summed E-state index contributed by atoms with van der Waals surface area (Å²) in [4.78, 5) is 1.21. The molecular weight excluding hydrogens is 249 g/mol. The van der Waals surface area contributed by atoms with Gasteiger partial charge in [0.25, 0.3) is 0 Å². The Labute approximate surface area is 94.8 Å². The van der Waals surface area contributed by atoms with Crippen molar-refractivity contribution in [2.45, 2.75) is 12.4 Å². The van der Waals surface area contributed by atoms with Gasteiger partial charge in [0.15, 0.2) is 0 Å². The molecule has 86 valence electrons.